The average molecular weight is 366 g/mol. The summed E-state index contributed by atoms with van der Waals surface area (Å²) in [6.45, 7) is 3.44. The van der Waals surface area contributed by atoms with E-state index in [4.69, 9.17) is 17.0 Å². The molecule has 2 aliphatic rings. The van der Waals surface area contributed by atoms with Crippen molar-refractivity contribution in [3.63, 3.8) is 0 Å². The van der Waals surface area contributed by atoms with Crippen LogP contribution in [0.3, 0.4) is 0 Å². The molecule has 1 unspecified atom stereocenters. The van der Waals surface area contributed by atoms with Crippen molar-refractivity contribution in [2.75, 3.05) is 43.0 Å². The summed E-state index contributed by atoms with van der Waals surface area (Å²) in [6.07, 6.45) is -0.889. The van der Waals surface area contributed by atoms with Gasteiger partial charge in [-0.3, -0.25) is 9.80 Å². The number of hydrogen-bond donors (Lipinski definition) is 1. The van der Waals surface area contributed by atoms with E-state index in [9.17, 15) is 14.0 Å². The number of carbonyl (C=O) groups excluding carboxylic acids is 2. The molecule has 2 heterocycles. The van der Waals surface area contributed by atoms with Gasteiger partial charge in [0.15, 0.2) is 0 Å². The van der Waals surface area contributed by atoms with Crippen LogP contribution < -0.4 is 15.1 Å². The summed E-state index contributed by atoms with van der Waals surface area (Å²) in [5, 5.41) is 2.95. The van der Waals surface area contributed by atoms with E-state index >= 15 is 0 Å². The number of carbonyl (C=O) groups is 2. The van der Waals surface area contributed by atoms with Gasteiger partial charge in [0.05, 0.1) is 29.5 Å². The first-order valence-corrected chi connectivity index (χ1v) is 8.32. The van der Waals surface area contributed by atoms with Gasteiger partial charge in [-0.2, -0.15) is 0 Å². The number of rotatable bonds is 4. The molecule has 9 heteroatoms. The maximum absolute atomic E-state index is 14.5. The number of hydrogen-bond acceptors (Lipinski definition) is 4. The Kier molecular flexibility index (Phi) is 4.76. The number of urea groups is 1. The van der Waals surface area contributed by atoms with E-state index < -0.39 is 11.9 Å². The van der Waals surface area contributed by atoms with Crippen LogP contribution in [0.5, 0.6) is 0 Å². The second kappa shape index (κ2) is 6.83. The van der Waals surface area contributed by atoms with Crippen molar-refractivity contribution in [2.45, 2.75) is 13.0 Å². The molecule has 0 bridgehead atoms. The summed E-state index contributed by atoms with van der Waals surface area (Å²) in [5.74, 6) is -0.551. The van der Waals surface area contributed by atoms with Crippen LogP contribution in [0, 0.1) is 5.82 Å². The smallest absolute Gasteiger partial charge is 0.414 e. The number of nitrogens with one attached hydrogen (secondary N) is 1. The highest BCUT2D eigenvalue weighted by Crippen LogP contribution is 2.29. The molecule has 0 spiro atoms. The zero-order valence-corrected chi connectivity index (χ0v) is 14.8. The molecule has 1 atom stereocenters. The topological polar surface area (TPSA) is 65.1 Å². The lowest BCUT2D eigenvalue weighted by atomic mass is 10.2. The Morgan fingerprint density at radius 3 is 2.72 bits per heavy atom. The van der Waals surface area contributed by atoms with Crippen molar-refractivity contribution >= 4 is 40.7 Å². The van der Waals surface area contributed by atoms with Gasteiger partial charge in [-0.05, 0) is 25.1 Å². The van der Waals surface area contributed by atoms with Gasteiger partial charge in [-0.1, -0.05) is 12.2 Å². The van der Waals surface area contributed by atoms with Gasteiger partial charge in [0.2, 0.25) is 0 Å². The minimum Gasteiger partial charge on any atom is -0.442 e. The second-order valence-electron chi connectivity index (χ2n) is 6.04. The van der Waals surface area contributed by atoms with Gasteiger partial charge < -0.3 is 15.0 Å². The number of nitrogens with zero attached hydrogens (tertiary/aromatic N) is 3. The largest absolute Gasteiger partial charge is 0.442 e. The van der Waals surface area contributed by atoms with Crippen molar-refractivity contribution in [2.24, 2.45) is 0 Å². The van der Waals surface area contributed by atoms with Gasteiger partial charge in [0.1, 0.15) is 11.9 Å². The number of amides is 3. The van der Waals surface area contributed by atoms with Crippen molar-refractivity contribution < 1.29 is 18.7 Å². The minimum atomic E-state index is -0.551. The van der Waals surface area contributed by atoms with Crippen LogP contribution in [0.15, 0.2) is 18.2 Å². The quantitative estimate of drug-likeness (QED) is 0.826. The fourth-order valence-electron chi connectivity index (χ4n) is 2.85. The third-order valence-corrected chi connectivity index (χ3v) is 4.35. The maximum Gasteiger partial charge on any atom is 0.414 e. The van der Waals surface area contributed by atoms with Crippen LogP contribution in [-0.4, -0.2) is 61.3 Å². The van der Waals surface area contributed by atoms with E-state index in [2.05, 4.69) is 5.32 Å². The highest BCUT2D eigenvalue weighted by molar-refractivity contribution is 7.80. The normalized spacial score (nSPS) is 20.3. The van der Waals surface area contributed by atoms with E-state index in [0.717, 1.165) is 0 Å². The van der Waals surface area contributed by atoms with Crippen LogP contribution in [-0.2, 0) is 4.74 Å². The van der Waals surface area contributed by atoms with E-state index in [0.29, 0.717) is 36.9 Å². The lowest BCUT2D eigenvalue weighted by Gasteiger charge is -2.19. The first-order valence-electron chi connectivity index (χ1n) is 7.91. The van der Waals surface area contributed by atoms with Crippen LogP contribution >= 0.6 is 12.2 Å². The first kappa shape index (κ1) is 17.4. The van der Waals surface area contributed by atoms with E-state index in [1.165, 1.54) is 26.8 Å². The lowest BCUT2D eigenvalue weighted by molar-refractivity contribution is 0.143. The van der Waals surface area contributed by atoms with Crippen LogP contribution in [0.25, 0.3) is 0 Å². The molecule has 134 valence electrons. The summed E-state index contributed by atoms with van der Waals surface area (Å²) < 4.78 is 19.8. The van der Waals surface area contributed by atoms with E-state index in [1.54, 1.807) is 20.0 Å². The fraction of sp³-hybridized carbons (Fsp3) is 0.438. The third-order valence-electron chi connectivity index (χ3n) is 4.20. The molecular weight excluding hydrogens is 347 g/mol. The van der Waals surface area contributed by atoms with Crippen LogP contribution in [0.1, 0.15) is 6.92 Å². The summed E-state index contributed by atoms with van der Waals surface area (Å²) in [5.41, 5.74) is 0.605. The Balaban J connectivity index is 1.73. The molecule has 2 fully saturated rings. The molecule has 0 aromatic heterocycles. The number of halogens is 1. The Hall–Kier alpha value is -2.42. The average Bonchev–Trinajstić information content (AvgIpc) is 3.09. The van der Waals surface area contributed by atoms with Gasteiger partial charge in [0.25, 0.3) is 0 Å². The molecule has 1 N–H and O–H groups in total. The predicted molar refractivity (Wildman–Crippen MR) is 95.7 cm³/mol. The number of anilines is 2. The molecule has 0 aliphatic carbocycles. The number of ether oxygens (including phenoxy) is 1. The molecule has 1 aromatic rings. The standard InChI is InChI=1S/C16H19FN4O3S/c1-10(25)18-8-12-9-21(16(23)24-12)11-3-4-14(13(17)7-11)20-6-5-19(2)15(20)22/h3-4,7,12H,5-6,8-9H2,1-2H3,(H,18,25). The highest BCUT2D eigenvalue weighted by Gasteiger charge is 2.33. The Bertz CT molecular complexity index is 729. The molecule has 0 radical (unpaired) electrons. The molecule has 7 nitrogen and oxygen atoms in total. The van der Waals surface area contributed by atoms with Gasteiger partial charge in [-0.15, -0.1) is 0 Å². The predicted octanol–water partition coefficient (Wildman–Crippen LogP) is 1.96. The number of cyclic esters (lactones) is 1. The van der Waals surface area contributed by atoms with E-state index in [-0.39, 0.29) is 17.8 Å². The van der Waals surface area contributed by atoms with Crippen molar-refractivity contribution in [3.05, 3.63) is 24.0 Å². The molecule has 25 heavy (non-hydrogen) atoms. The van der Waals surface area contributed by atoms with Crippen LogP contribution in [0.2, 0.25) is 0 Å². The van der Waals surface area contributed by atoms with Gasteiger partial charge in [0, 0.05) is 20.1 Å². The molecule has 2 saturated heterocycles. The Labute approximate surface area is 150 Å². The molecule has 1 aromatic carbocycles. The molecule has 3 rings (SSSR count). The minimum absolute atomic E-state index is 0.209. The third kappa shape index (κ3) is 3.51. The SMILES string of the molecule is CC(=S)NCC1CN(c2ccc(N3CCN(C)C3=O)c(F)c2)C(=O)O1. The summed E-state index contributed by atoms with van der Waals surface area (Å²) in [7, 11) is 1.67. The monoisotopic (exact) mass is 366 g/mol. The fourth-order valence-corrected chi connectivity index (χ4v) is 2.93. The number of benzene rings is 1. The van der Waals surface area contributed by atoms with Crippen molar-refractivity contribution in [1.29, 1.82) is 0 Å². The highest BCUT2D eigenvalue weighted by atomic mass is 32.1. The molecule has 2 aliphatic heterocycles. The molecular formula is C16H19FN4O3S. The van der Waals surface area contributed by atoms with E-state index in [1.807, 2.05) is 0 Å². The van der Waals surface area contributed by atoms with Crippen LogP contribution in [0.4, 0.5) is 25.4 Å². The summed E-state index contributed by atoms with van der Waals surface area (Å²) in [4.78, 5) is 28.9. The number of likely N-dealkylation sites (N-methyl/N-ethyl adjacent to an activating group) is 1. The zero-order chi connectivity index (χ0) is 18.1. The summed E-state index contributed by atoms with van der Waals surface area (Å²) >= 11 is 4.93. The maximum atomic E-state index is 14.5. The Morgan fingerprint density at radius 1 is 1.36 bits per heavy atom. The second-order valence-corrected chi connectivity index (χ2v) is 6.66. The number of thiocarbonyl (C=S) groups is 1. The Morgan fingerprint density at radius 2 is 2.12 bits per heavy atom. The first-order chi connectivity index (χ1) is 11.9. The zero-order valence-electron chi connectivity index (χ0n) is 14.0. The molecule has 3 amide bonds. The summed E-state index contributed by atoms with van der Waals surface area (Å²) in [6, 6.07) is 4.14. The lowest BCUT2D eigenvalue weighted by Crippen LogP contribution is -2.32. The van der Waals surface area contributed by atoms with Crippen molar-refractivity contribution in [1.82, 2.24) is 10.2 Å². The van der Waals surface area contributed by atoms with Gasteiger partial charge >= 0.3 is 12.1 Å². The van der Waals surface area contributed by atoms with Crippen molar-refractivity contribution in [3.8, 4) is 0 Å². The van der Waals surface area contributed by atoms with Gasteiger partial charge in [-0.25, -0.2) is 14.0 Å². The molecule has 0 saturated carbocycles.